The third-order valence-corrected chi connectivity index (χ3v) is 6.65. The second-order valence-corrected chi connectivity index (χ2v) is 10.1. The number of hydrogen-bond donors (Lipinski definition) is 2. The molecule has 0 atom stereocenters. The number of nitrogens with zero attached hydrogens (tertiary/aromatic N) is 2. The first-order valence-corrected chi connectivity index (χ1v) is 12.1. The predicted molar refractivity (Wildman–Crippen MR) is 133 cm³/mol. The van der Waals surface area contributed by atoms with Crippen molar-refractivity contribution in [3.8, 4) is 28.5 Å². The third kappa shape index (κ3) is 6.12. The fourth-order valence-corrected chi connectivity index (χ4v) is 3.76. The molecular weight excluding hydrogens is 509 g/mol. The van der Waals surface area contributed by atoms with E-state index in [0.29, 0.717) is 40.5 Å². The third-order valence-electron chi connectivity index (χ3n) is 6.34. The summed E-state index contributed by atoms with van der Waals surface area (Å²) in [6.07, 6.45) is -2.33. The standard InChI is InChI=1S/C26H26ClF3N4O3/c1-14-10-20(27)19(11-17(14)12-31-23(35)25(2,3)26(28,29)30)22-32-21(33-24(36)34-22)16-6-8-18(9-7-16)37-13-15-4-5-15/h6-11,15H,4-5,12-13H2,1-3H3,(H,31,35)(H,32,33,34,36). The molecule has 1 aromatic heterocycles. The fourth-order valence-electron chi connectivity index (χ4n) is 3.45. The van der Waals surface area contributed by atoms with E-state index in [1.165, 1.54) is 12.8 Å². The molecule has 1 heterocycles. The van der Waals surface area contributed by atoms with Crippen molar-refractivity contribution in [1.82, 2.24) is 20.3 Å². The Kier molecular flexibility index (Phi) is 7.32. The molecule has 0 unspecified atom stereocenters. The van der Waals surface area contributed by atoms with E-state index < -0.39 is 23.2 Å². The fraction of sp³-hybridized carbons (Fsp3) is 0.385. The first-order chi connectivity index (χ1) is 17.3. The lowest BCUT2D eigenvalue weighted by atomic mass is 9.91. The van der Waals surface area contributed by atoms with Crippen molar-refractivity contribution >= 4 is 17.5 Å². The minimum Gasteiger partial charge on any atom is -0.493 e. The van der Waals surface area contributed by atoms with Crippen LogP contribution in [0.2, 0.25) is 5.02 Å². The highest BCUT2D eigenvalue weighted by molar-refractivity contribution is 6.33. The van der Waals surface area contributed by atoms with Gasteiger partial charge in [-0.3, -0.25) is 9.78 Å². The Morgan fingerprint density at radius 1 is 1.16 bits per heavy atom. The van der Waals surface area contributed by atoms with Crippen LogP contribution in [0.25, 0.3) is 22.8 Å². The number of hydrogen-bond acceptors (Lipinski definition) is 5. The molecule has 1 fully saturated rings. The Hall–Kier alpha value is -3.40. The van der Waals surface area contributed by atoms with Crippen LogP contribution in [0.5, 0.6) is 5.75 Å². The normalized spacial score (nSPS) is 13.9. The van der Waals surface area contributed by atoms with Gasteiger partial charge in [0.15, 0.2) is 5.82 Å². The summed E-state index contributed by atoms with van der Waals surface area (Å²) in [6.45, 7) is 3.86. The van der Waals surface area contributed by atoms with Crippen molar-refractivity contribution < 1.29 is 22.7 Å². The second kappa shape index (κ2) is 10.2. The second-order valence-electron chi connectivity index (χ2n) is 9.67. The van der Waals surface area contributed by atoms with Crippen LogP contribution < -0.4 is 15.7 Å². The summed E-state index contributed by atoms with van der Waals surface area (Å²) < 4.78 is 45.4. The SMILES string of the molecule is Cc1cc(Cl)c(-c2nc(-c3ccc(OCC4CC4)cc3)nc(=O)[nH]2)cc1CNC(=O)C(C)(C)C(F)(F)F. The van der Waals surface area contributed by atoms with Crippen molar-refractivity contribution in [2.45, 2.75) is 46.3 Å². The van der Waals surface area contributed by atoms with E-state index in [1.807, 2.05) is 0 Å². The van der Waals surface area contributed by atoms with Gasteiger partial charge in [-0.2, -0.15) is 18.2 Å². The van der Waals surface area contributed by atoms with Gasteiger partial charge in [-0.1, -0.05) is 11.6 Å². The van der Waals surface area contributed by atoms with E-state index in [2.05, 4.69) is 20.3 Å². The number of aryl methyl sites for hydroxylation is 1. The van der Waals surface area contributed by atoms with Gasteiger partial charge in [0.25, 0.3) is 0 Å². The number of rotatable bonds is 8. The van der Waals surface area contributed by atoms with Crippen molar-refractivity contribution in [3.05, 3.63) is 63.0 Å². The van der Waals surface area contributed by atoms with Crippen molar-refractivity contribution in [1.29, 1.82) is 0 Å². The van der Waals surface area contributed by atoms with E-state index in [-0.39, 0.29) is 23.2 Å². The maximum atomic E-state index is 13.2. The summed E-state index contributed by atoms with van der Waals surface area (Å²) in [4.78, 5) is 35.6. The molecule has 2 N–H and O–H groups in total. The van der Waals surface area contributed by atoms with E-state index >= 15 is 0 Å². The Morgan fingerprint density at radius 2 is 1.84 bits per heavy atom. The first kappa shape index (κ1) is 26.7. The number of halogens is 4. The molecule has 3 aromatic rings. The van der Waals surface area contributed by atoms with Crippen LogP contribution in [0, 0.1) is 18.3 Å². The number of carbonyl (C=O) groups excluding carboxylic acids is 1. The number of aromatic amines is 1. The molecular formula is C26H26ClF3N4O3. The van der Waals surface area contributed by atoms with Gasteiger partial charge in [0, 0.05) is 17.7 Å². The molecule has 1 saturated carbocycles. The molecule has 1 aliphatic rings. The monoisotopic (exact) mass is 534 g/mol. The zero-order chi connectivity index (χ0) is 27.0. The van der Waals surface area contributed by atoms with Crippen LogP contribution in [0.1, 0.15) is 37.8 Å². The van der Waals surface area contributed by atoms with E-state index in [0.717, 1.165) is 13.8 Å². The van der Waals surface area contributed by atoms with Gasteiger partial charge in [-0.25, -0.2) is 9.78 Å². The quantitative estimate of drug-likeness (QED) is 0.400. The van der Waals surface area contributed by atoms with Crippen molar-refractivity contribution in [2.75, 3.05) is 6.61 Å². The summed E-state index contributed by atoms with van der Waals surface area (Å²) in [5.74, 6) is 0.482. The maximum Gasteiger partial charge on any atom is 0.402 e. The minimum absolute atomic E-state index is 0.136. The molecule has 0 bridgehead atoms. The van der Waals surface area contributed by atoms with Crippen LogP contribution in [-0.4, -0.2) is 33.6 Å². The van der Waals surface area contributed by atoms with Crippen LogP contribution in [0.3, 0.4) is 0 Å². The summed E-state index contributed by atoms with van der Waals surface area (Å²) in [7, 11) is 0. The lowest BCUT2D eigenvalue weighted by Gasteiger charge is -2.26. The van der Waals surface area contributed by atoms with Gasteiger partial charge < -0.3 is 10.1 Å². The molecule has 0 radical (unpaired) electrons. The van der Waals surface area contributed by atoms with E-state index in [1.54, 1.807) is 43.3 Å². The summed E-state index contributed by atoms with van der Waals surface area (Å²) in [6, 6.07) is 10.2. The number of benzene rings is 2. The molecule has 37 heavy (non-hydrogen) atoms. The largest absolute Gasteiger partial charge is 0.493 e. The van der Waals surface area contributed by atoms with Gasteiger partial charge in [-0.05, 0) is 87.1 Å². The van der Waals surface area contributed by atoms with Gasteiger partial charge in [0.2, 0.25) is 5.91 Å². The van der Waals surface area contributed by atoms with E-state index in [9.17, 15) is 22.8 Å². The van der Waals surface area contributed by atoms with Crippen LogP contribution in [0.4, 0.5) is 13.2 Å². The van der Waals surface area contributed by atoms with Crippen molar-refractivity contribution in [3.63, 3.8) is 0 Å². The number of aromatic nitrogens is 3. The number of carbonyl (C=O) groups is 1. The van der Waals surface area contributed by atoms with E-state index in [4.69, 9.17) is 16.3 Å². The maximum absolute atomic E-state index is 13.2. The molecule has 0 spiro atoms. The lowest BCUT2D eigenvalue weighted by Crippen LogP contribution is -2.46. The summed E-state index contributed by atoms with van der Waals surface area (Å²) >= 11 is 6.43. The Balaban J connectivity index is 1.58. The highest BCUT2D eigenvalue weighted by Crippen LogP contribution is 2.38. The molecule has 11 heteroatoms. The Bertz CT molecular complexity index is 1370. The first-order valence-electron chi connectivity index (χ1n) is 11.7. The topological polar surface area (TPSA) is 97.0 Å². The number of ether oxygens (including phenoxy) is 1. The average molecular weight is 535 g/mol. The highest BCUT2D eigenvalue weighted by Gasteiger charge is 2.52. The molecule has 0 aliphatic heterocycles. The summed E-state index contributed by atoms with van der Waals surface area (Å²) in [5, 5.41) is 2.61. The van der Waals surface area contributed by atoms with Crippen LogP contribution in [-0.2, 0) is 11.3 Å². The molecule has 0 saturated heterocycles. The molecule has 4 rings (SSSR count). The summed E-state index contributed by atoms with van der Waals surface area (Å²) in [5.41, 5.74) is -1.09. The van der Waals surface area contributed by atoms with Crippen LogP contribution >= 0.6 is 11.6 Å². The van der Waals surface area contributed by atoms with Gasteiger partial charge in [-0.15, -0.1) is 0 Å². The van der Waals surface area contributed by atoms with Crippen molar-refractivity contribution in [2.24, 2.45) is 11.3 Å². The average Bonchev–Trinajstić information content (AvgIpc) is 3.66. The molecule has 1 aliphatic carbocycles. The number of nitrogens with one attached hydrogen (secondary N) is 2. The van der Waals surface area contributed by atoms with Gasteiger partial charge >= 0.3 is 11.9 Å². The zero-order valence-corrected chi connectivity index (χ0v) is 21.3. The number of H-pyrrole nitrogens is 1. The number of alkyl halides is 3. The minimum atomic E-state index is -4.70. The highest BCUT2D eigenvalue weighted by atomic mass is 35.5. The van der Waals surface area contributed by atoms with Gasteiger partial charge in [0.1, 0.15) is 17.0 Å². The molecule has 2 aromatic carbocycles. The molecule has 7 nitrogen and oxygen atoms in total. The van der Waals surface area contributed by atoms with Gasteiger partial charge in [0.05, 0.1) is 11.6 Å². The molecule has 1 amide bonds. The lowest BCUT2D eigenvalue weighted by molar-refractivity contribution is -0.211. The Labute approximate surface area is 216 Å². The predicted octanol–water partition coefficient (Wildman–Crippen LogP) is 5.45. The smallest absolute Gasteiger partial charge is 0.402 e. The zero-order valence-electron chi connectivity index (χ0n) is 20.5. The Morgan fingerprint density at radius 3 is 2.46 bits per heavy atom. The molecule has 196 valence electrons. The van der Waals surface area contributed by atoms with Crippen LogP contribution in [0.15, 0.2) is 41.2 Å². The number of amides is 1.